The van der Waals surface area contributed by atoms with Gasteiger partial charge in [-0.25, -0.2) is 4.39 Å². The molecule has 20 heavy (non-hydrogen) atoms. The fraction of sp³-hybridized carbons (Fsp3) is 0.0714. The van der Waals surface area contributed by atoms with Crippen molar-refractivity contribution >= 4 is 21.8 Å². The summed E-state index contributed by atoms with van der Waals surface area (Å²) in [7, 11) is 0. The molecule has 0 aliphatic rings. The lowest BCUT2D eigenvalue weighted by Gasteiger charge is -2.14. The highest BCUT2D eigenvalue weighted by molar-refractivity contribution is 9.10. The van der Waals surface area contributed by atoms with E-state index >= 15 is 0 Å². The monoisotopic (exact) mass is 338 g/mol. The lowest BCUT2D eigenvalue weighted by atomic mass is 10.1. The van der Waals surface area contributed by atoms with Crippen LogP contribution >= 0.6 is 15.9 Å². The molecule has 0 spiro atoms. The first-order valence-electron chi connectivity index (χ1n) is 5.73. The molecule has 4 nitrogen and oxygen atoms in total. The molecule has 0 bridgehead atoms. The molecular formula is C14H12BrFN2O2. The first kappa shape index (κ1) is 14.3. The number of halogens is 2. The number of amidine groups is 1. The number of aryl methyl sites for hydroxylation is 1. The van der Waals surface area contributed by atoms with E-state index in [1.807, 2.05) is 13.0 Å². The van der Waals surface area contributed by atoms with Gasteiger partial charge in [0.25, 0.3) is 0 Å². The summed E-state index contributed by atoms with van der Waals surface area (Å²) in [5.41, 5.74) is 6.84. The van der Waals surface area contributed by atoms with Gasteiger partial charge in [-0.05, 0) is 46.6 Å². The van der Waals surface area contributed by atoms with Gasteiger partial charge in [-0.15, -0.1) is 0 Å². The van der Waals surface area contributed by atoms with E-state index in [1.165, 1.54) is 12.1 Å². The Bertz CT molecular complexity index is 674. The number of nitrogens with zero attached hydrogens (tertiary/aromatic N) is 1. The van der Waals surface area contributed by atoms with Gasteiger partial charge in [-0.1, -0.05) is 17.3 Å². The van der Waals surface area contributed by atoms with Crippen LogP contribution in [-0.2, 0) is 0 Å². The quantitative estimate of drug-likeness (QED) is 0.387. The van der Waals surface area contributed by atoms with Gasteiger partial charge in [0, 0.05) is 6.07 Å². The van der Waals surface area contributed by atoms with Crippen LogP contribution in [-0.4, -0.2) is 11.0 Å². The molecule has 0 saturated heterocycles. The van der Waals surface area contributed by atoms with Crippen molar-refractivity contribution in [2.45, 2.75) is 6.92 Å². The molecule has 0 aromatic heterocycles. The third-order valence-corrected chi connectivity index (χ3v) is 3.36. The SMILES string of the molecule is Cc1cccc(/C(N)=N/O)c1Oc1cc(F)ccc1Br. The maximum Gasteiger partial charge on any atom is 0.173 e. The molecule has 104 valence electrons. The summed E-state index contributed by atoms with van der Waals surface area (Å²) >= 11 is 3.29. The van der Waals surface area contributed by atoms with E-state index < -0.39 is 5.82 Å². The van der Waals surface area contributed by atoms with Gasteiger partial charge < -0.3 is 15.7 Å². The number of para-hydroxylation sites is 1. The Labute approximate surface area is 123 Å². The molecule has 0 saturated carbocycles. The molecule has 0 atom stereocenters. The number of hydrogen-bond acceptors (Lipinski definition) is 3. The van der Waals surface area contributed by atoms with Crippen molar-refractivity contribution < 1.29 is 14.3 Å². The first-order chi connectivity index (χ1) is 9.52. The van der Waals surface area contributed by atoms with Gasteiger partial charge in [-0.2, -0.15) is 0 Å². The highest BCUT2D eigenvalue weighted by atomic mass is 79.9. The van der Waals surface area contributed by atoms with Crippen molar-refractivity contribution in [3.8, 4) is 11.5 Å². The molecule has 2 aromatic carbocycles. The second kappa shape index (κ2) is 5.92. The van der Waals surface area contributed by atoms with Crippen LogP contribution < -0.4 is 10.5 Å². The van der Waals surface area contributed by atoms with E-state index in [1.54, 1.807) is 18.2 Å². The number of oxime groups is 1. The third-order valence-electron chi connectivity index (χ3n) is 2.70. The number of benzene rings is 2. The van der Waals surface area contributed by atoms with Gasteiger partial charge in [0.1, 0.15) is 17.3 Å². The van der Waals surface area contributed by atoms with Gasteiger partial charge in [0.15, 0.2) is 5.84 Å². The topological polar surface area (TPSA) is 67.8 Å². The molecule has 0 aliphatic heterocycles. The minimum Gasteiger partial charge on any atom is -0.455 e. The minimum absolute atomic E-state index is 0.0729. The van der Waals surface area contributed by atoms with Crippen LogP contribution in [0.2, 0.25) is 0 Å². The summed E-state index contributed by atoms with van der Waals surface area (Å²) in [6.07, 6.45) is 0. The van der Waals surface area contributed by atoms with Crippen molar-refractivity contribution in [3.05, 3.63) is 57.8 Å². The standard InChI is InChI=1S/C14H12BrFN2O2/c1-8-3-2-4-10(14(17)18-19)13(8)20-12-7-9(16)5-6-11(12)15/h2-7,19H,1H3,(H2,17,18). The molecule has 6 heteroatoms. The van der Waals surface area contributed by atoms with Crippen molar-refractivity contribution in [1.29, 1.82) is 0 Å². The Morgan fingerprint density at radius 2 is 2.10 bits per heavy atom. The van der Waals surface area contributed by atoms with Crippen LogP contribution in [0.3, 0.4) is 0 Å². The summed E-state index contributed by atoms with van der Waals surface area (Å²) in [4.78, 5) is 0. The predicted octanol–water partition coefficient (Wildman–Crippen LogP) is 3.78. The lowest BCUT2D eigenvalue weighted by molar-refractivity contribution is 0.318. The van der Waals surface area contributed by atoms with Crippen LogP contribution in [0.1, 0.15) is 11.1 Å². The fourth-order valence-electron chi connectivity index (χ4n) is 1.71. The Hall–Kier alpha value is -2.08. The van der Waals surface area contributed by atoms with Crippen molar-refractivity contribution in [1.82, 2.24) is 0 Å². The second-order valence-corrected chi connectivity index (χ2v) is 4.97. The molecule has 0 heterocycles. The molecular weight excluding hydrogens is 327 g/mol. The Morgan fingerprint density at radius 1 is 1.35 bits per heavy atom. The summed E-state index contributed by atoms with van der Waals surface area (Å²) in [5.74, 6) is 0.235. The van der Waals surface area contributed by atoms with Crippen molar-refractivity contribution in [2.24, 2.45) is 10.9 Å². The molecule has 0 aliphatic carbocycles. The van der Waals surface area contributed by atoms with Crippen LogP contribution in [0.25, 0.3) is 0 Å². The van der Waals surface area contributed by atoms with E-state index in [0.29, 0.717) is 21.5 Å². The predicted molar refractivity (Wildman–Crippen MR) is 77.9 cm³/mol. The van der Waals surface area contributed by atoms with Gasteiger partial charge in [0.05, 0.1) is 10.0 Å². The molecule has 2 rings (SSSR count). The second-order valence-electron chi connectivity index (χ2n) is 4.11. The number of nitrogens with two attached hydrogens (primary N) is 1. The van der Waals surface area contributed by atoms with Crippen molar-refractivity contribution in [3.63, 3.8) is 0 Å². The van der Waals surface area contributed by atoms with Gasteiger partial charge in [-0.3, -0.25) is 0 Å². The largest absolute Gasteiger partial charge is 0.455 e. The van der Waals surface area contributed by atoms with Crippen LogP contribution in [0, 0.1) is 12.7 Å². The van der Waals surface area contributed by atoms with E-state index in [-0.39, 0.29) is 5.84 Å². The van der Waals surface area contributed by atoms with Crippen LogP contribution in [0.5, 0.6) is 11.5 Å². The zero-order valence-electron chi connectivity index (χ0n) is 10.6. The van der Waals surface area contributed by atoms with Crippen LogP contribution in [0.4, 0.5) is 4.39 Å². The lowest BCUT2D eigenvalue weighted by Crippen LogP contribution is -2.14. The average molecular weight is 339 g/mol. The first-order valence-corrected chi connectivity index (χ1v) is 6.52. The molecule has 0 amide bonds. The molecule has 0 unspecified atom stereocenters. The Kier molecular flexibility index (Phi) is 4.24. The summed E-state index contributed by atoms with van der Waals surface area (Å²) in [5, 5.41) is 11.8. The summed E-state index contributed by atoms with van der Waals surface area (Å²) in [6.45, 7) is 1.82. The van der Waals surface area contributed by atoms with Crippen molar-refractivity contribution in [2.75, 3.05) is 0 Å². The molecule has 0 radical (unpaired) electrons. The summed E-state index contributed by atoms with van der Waals surface area (Å²) < 4.78 is 19.6. The minimum atomic E-state index is -0.415. The zero-order chi connectivity index (χ0) is 14.7. The van der Waals surface area contributed by atoms with Crippen LogP contribution in [0.15, 0.2) is 46.0 Å². The van der Waals surface area contributed by atoms with Gasteiger partial charge >= 0.3 is 0 Å². The normalized spacial score (nSPS) is 11.4. The maximum absolute atomic E-state index is 13.3. The third kappa shape index (κ3) is 2.91. The number of ether oxygens (including phenoxy) is 1. The molecule has 0 fully saturated rings. The highest BCUT2D eigenvalue weighted by Crippen LogP contribution is 2.34. The summed E-state index contributed by atoms with van der Waals surface area (Å²) in [6, 6.07) is 9.36. The van der Waals surface area contributed by atoms with E-state index in [0.717, 1.165) is 5.56 Å². The Morgan fingerprint density at radius 3 is 2.80 bits per heavy atom. The molecule has 2 aromatic rings. The number of hydrogen-bond donors (Lipinski definition) is 2. The average Bonchev–Trinajstić information content (AvgIpc) is 2.44. The van der Waals surface area contributed by atoms with E-state index in [4.69, 9.17) is 15.7 Å². The smallest absolute Gasteiger partial charge is 0.173 e. The van der Waals surface area contributed by atoms with E-state index in [9.17, 15) is 4.39 Å². The number of rotatable bonds is 3. The fourth-order valence-corrected chi connectivity index (χ4v) is 2.04. The van der Waals surface area contributed by atoms with E-state index in [2.05, 4.69) is 21.1 Å². The zero-order valence-corrected chi connectivity index (χ0v) is 12.2. The Balaban J connectivity index is 2.50. The molecule has 3 N–H and O–H groups in total. The maximum atomic E-state index is 13.3. The highest BCUT2D eigenvalue weighted by Gasteiger charge is 2.13. The van der Waals surface area contributed by atoms with Gasteiger partial charge in [0.2, 0.25) is 0 Å².